The van der Waals surface area contributed by atoms with E-state index in [0.717, 1.165) is 17.5 Å². The molecule has 0 N–H and O–H groups in total. The van der Waals surface area contributed by atoms with Crippen LogP contribution in [0.2, 0.25) is 0 Å². The molecule has 0 aliphatic heterocycles. The molecular weight excluding hydrogens is 394 g/mol. The van der Waals surface area contributed by atoms with Crippen LogP contribution in [-0.2, 0) is 4.79 Å². The normalized spacial score (nSPS) is 12.0. The summed E-state index contributed by atoms with van der Waals surface area (Å²) in [4.78, 5) is 20.2. The number of ether oxygens (including phenoxy) is 2. The van der Waals surface area contributed by atoms with Gasteiger partial charge in [0.15, 0.2) is 11.5 Å². The molecule has 2 aromatic heterocycles. The van der Waals surface area contributed by atoms with E-state index in [1.807, 2.05) is 19.1 Å². The average molecular weight is 416 g/mol. The van der Waals surface area contributed by atoms with E-state index in [-0.39, 0.29) is 24.0 Å². The second-order valence-corrected chi connectivity index (χ2v) is 6.53. The zero-order valence-electron chi connectivity index (χ0n) is 16.7. The summed E-state index contributed by atoms with van der Waals surface area (Å²) in [6, 6.07) is 8.61. The molecule has 0 saturated heterocycles. The Bertz CT molecular complexity index is 991. The Kier molecular flexibility index (Phi) is 7.11. The number of rotatable bonds is 10. The maximum atomic E-state index is 12.6. The molecule has 6 nitrogen and oxygen atoms in total. The van der Waals surface area contributed by atoms with E-state index >= 15 is 0 Å². The summed E-state index contributed by atoms with van der Waals surface area (Å²) in [6.07, 6.45) is 1.56. The fourth-order valence-corrected chi connectivity index (χ4v) is 3.09. The average Bonchev–Trinajstić information content (AvgIpc) is 3.22. The number of hydrogen-bond acceptors (Lipinski definition) is 6. The molecule has 0 spiro atoms. The Balaban J connectivity index is 1.93. The molecule has 158 valence electrons. The zero-order chi connectivity index (χ0) is 21.5. The number of aromatic nitrogens is 2. The summed E-state index contributed by atoms with van der Waals surface area (Å²) < 4.78 is 41.4. The van der Waals surface area contributed by atoms with Gasteiger partial charge >= 0.3 is 0 Å². The fourth-order valence-electron chi connectivity index (χ4n) is 3.09. The molecule has 3 aromatic rings. The van der Waals surface area contributed by atoms with Crippen LogP contribution < -0.4 is 9.47 Å². The summed E-state index contributed by atoms with van der Waals surface area (Å²) in [6.45, 7) is 3.32. The van der Waals surface area contributed by atoms with Gasteiger partial charge in [-0.2, -0.15) is 0 Å². The van der Waals surface area contributed by atoms with E-state index in [1.54, 1.807) is 31.3 Å². The fraction of sp³-hybridized carbons (Fsp3) is 0.318. The molecule has 8 heteroatoms. The topological polar surface area (TPSA) is 74.5 Å². The summed E-state index contributed by atoms with van der Waals surface area (Å²) in [5, 5.41) is 0. The van der Waals surface area contributed by atoms with Gasteiger partial charge in [0.25, 0.3) is 6.43 Å². The number of aryl methyl sites for hydroxylation is 1. The summed E-state index contributed by atoms with van der Waals surface area (Å²) in [5.74, 6) is 0.467. The van der Waals surface area contributed by atoms with Crippen LogP contribution in [0.1, 0.15) is 36.2 Å². The number of hydrogen-bond donors (Lipinski definition) is 0. The Morgan fingerprint density at radius 2 is 2.03 bits per heavy atom. The monoisotopic (exact) mass is 416 g/mol. The van der Waals surface area contributed by atoms with Crippen LogP contribution in [0.15, 0.2) is 47.2 Å². The third kappa shape index (κ3) is 5.00. The van der Waals surface area contributed by atoms with E-state index in [0.29, 0.717) is 23.6 Å². The number of nitrogens with zero attached hydrogens (tertiary/aromatic N) is 2. The van der Waals surface area contributed by atoms with Gasteiger partial charge in [-0.3, -0.25) is 4.98 Å². The third-order valence-corrected chi connectivity index (χ3v) is 4.45. The molecule has 3 rings (SSSR count). The molecule has 0 saturated carbocycles. The third-order valence-electron chi connectivity index (χ3n) is 4.45. The first-order valence-electron chi connectivity index (χ1n) is 9.52. The first-order chi connectivity index (χ1) is 14.5. The van der Waals surface area contributed by atoms with Crippen LogP contribution in [0, 0.1) is 6.92 Å². The van der Waals surface area contributed by atoms with Crippen LogP contribution in [0.5, 0.6) is 11.5 Å². The largest absolute Gasteiger partial charge is 0.490 e. The van der Waals surface area contributed by atoms with Gasteiger partial charge in [-0.1, -0.05) is 6.07 Å². The summed E-state index contributed by atoms with van der Waals surface area (Å²) in [7, 11) is 0. The van der Waals surface area contributed by atoms with Gasteiger partial charge in [-0.15, -0.1) is 0 Å². The molecule has 0 fully saturated rings. The first kappa shape index (κ1) is 21.4. The van der Waals surface area contributed by atoms with E-state index in [1.165, 1.54) is 6.26 Å². The quantitative estimate of drug-likeness (QED) is 0.442. The van der Waals surface area contributed by atoms with Crippen LogP contribution in [-0.4, -0.2) is 35.9 Å². The molecule has 1 unspecified atom stereocenters. The van der Waals surface area contributed by atoms with Crippen molar-refractivity contribution in [2.75, 3.05) is 13.2 Å². The molecule has 0 aliphatic carbocycles. The maximum absolute atomic E-state index is 12.6. The molecular formula is C22H22F2N2O4. The number of alkyl halides is 2. The predicted molar refractivity (Wildman–Crippen MR) is 106 cm³/mol. The van der Waals surface area contributed by atoms with Gasteiger partial charge < -0.3 is 18.7 Å². The number of pyridine rings is 1. The predicted octanol–water partition coefficient (Wildman–Crippen LogP) is 4.81. The Morgan fingerprint density at radius 1 is 1.20 bits per heavy atom. The highest BCUT2D eigenvalue weighted by Gasteiger charge is 2.22. The van der Waals surface area contributed by atoms with E-state index < -0.39 is 13.0 Å². The van der Waals surface area contributed by atoms with Gasteiger partial charge in [0.05, 0.1) is 23.9 Å². The van der Waals surface area contributed by atoms with Crippen molar-refractivity contribution in [1.82, 2.24) is 9.97 Å². The van der Waals surface area contributed by atoms with Gasteiger partial charge in [0.1, 0.15) is 19.2 Å². The van der Waals surface area contributed by atoms with Crippen molar-refractivity contribution in [3.8, 4) is 23.0 Å². The van der Waals surface area contributed by atoms with E-state index in [2.05, 4.69) is 9.97 Å². The Morgan fingerprint density at radius 3 is 2.73 bits per heavy atom. The lowest BCUT2D eigenvalue weighted by Gasteiger charge is -2.13. The number of halogens is 2. The van der Waals surface area contributed by atoms with E-state index in [4.69, 9.17) is 13.9 Å². The minimum atomic E-state index is -2.61. The van der Waals surface area contributed by atoms with Crippen molar-refractivity contribution in [3.63, 3.8) is 0 Å². The van der Waals surface area contributed by atoms with Gasteiger partial charge in [-0.05, 0) is 43.7 Å². The van der Waals surface area contributed by atoms with Crippen molar-refractivity contribution in [2.45, 2.75) is 32.6 Å². The lowest BCUT2D eigenvalue weighted by molar-refractivity contribution is -0.108. The molecule has 1 atom stereocenters. The lowest BCUT2D eigenvalue weighted by atomic mass is 9.95. The number of carbonyl (C=O) groups is 1. The minimum absolute atomic E-state index is 0.180. The highest BCUT2D eigenvalue weighted by Crippen LogP contribution is 2.34. The zero-order valence-corrected chi connectivity index (χ0v) is 16.7. The van der Waals surface area contributed by atoms with Crippen LogP contribution in [0.25, 0.3) is 11.5 Å². The second-order valence-electron chi connectivity index (χ2n) is 6.53. The van der Waals surface area contributed by atoms with Crippen LogP contribution in [0.3, 0.4) is 0 Å². The lowest BCUT2D eigenvalue weighted by Crippen LogP contribution is -2.08. The standard InChI is InChI=1S/C22H22F2N2O4/c1-3-28-18-7-6-15(11-19(18)29-13-20(23)24)22-26-17(12-30-22)16(8-10-27)21-14(2)5-4-9-25-21/h4-7,9-12,16,20H,3,8,13H2,1-2H3. The molecule has 0 amide bonds. The van der Waals surface area contributed by atoms with E-state index in [9.17, 15) is 13.6 Å². The smallest absolute Gasteiger partial charge is 0.272 e. The highest BCUT2D eigenvalue weighted by molar-refractivity contribution is 5.60. The summed E-state index contributed by atoms with van der Waals surface area (Å²) >= 11 is 0. The number of carbonyl (C=O) groups excluding carboxylic acids is 1. The van der Waals surface area contributed by atoms with Crippen LogP contribution in [0.4, 0.5) is 8.78 Å². The van der Waals surface area contributed by atoms with Crippen molar-refractivity contribution >= 4 is 6.29 Å². The Hall–Kier alpha value is -3.29. The van der Waals surface area contributed by atoms with Crippen molar-refractivity contribution in [2.24, 2.45) is 0 Å². The second kappa shape index (κ2) is 9.96. The molecule has 2 heterocycles. The SMILES string of the molecule is CCOc1ccc(-c2nc(C(CC=O)c3ncccc3C)co2)cc1OCC(F)F. The maximum Gasteiger partial charge on any atom is 0.272 e. The minimum Gasteiger partial charge on any atom is -0.490 e. The van der Waals surface area contributed by atoms with Gasteiger partial charge in [0, 0.05) is 18.2 Å². The molecule has 0 radical (unpaired) electrons. The number of benzene rings is 1. The number of aldehydes is 1. The van der Waals surface area contributed by atoms with Crippen LogP contribution >= 0.6 is 0 Å². The molecule has 0 bridgehead atoms. The van der Waals surface area contributed by atoms with Gasteiger partial charge in [-0.25, -0.2) is 13.8 Å². The summed E-state index contributed by atoms with van der Waals surface area (Å²) in [5.41, 5.74) is 2.79. The number of oxazole rings is 1. The molecule has 1 aromatic carbocycles. The molecule has 0 aliphatic rings. The Labute approximate surface area is 172 Å². The van der Waals surface area contributed by atoms with Crippen molar-refractivity contribution < 1.29 is 27.5 Å². The first-order valence-corrected chi connectivity index (χ1v) is 9.52. The molecule has 30 heavy (non-hydrogen) atoms. The van der Waals surface area contributed by atoms with Crippen molar-refractivity contribution in [1.29, 1.82) is 0 Å². The highest BCUT2D eigenvalue weighted by atomic mass is 19.3. The van der Waals surface area contributed by atoms with Crippen molar-refractivity contribution in [3.05, 3.63) is 59.7 Å². The van der Waals surface area contributed by atoms with Gasteiger partial charge in [0.2, 0.25) is 5.89 Å².